The highest BCUT2D eigenvalue weighted by Crippen LogP contribution is 2.10. The highest BCUT2D eigenvalue weighted by molar-refractivity contribution is 6.52. The van der Waals surface area contributed by atoms with Gasteiger partial charge in [-0.05, 0) is 17.9 Å². The van der Waals surface area contributed by atoms with Crippen molar-refractivity contribution in [3.8, 4) is 0 Å². The molecule has 2 aromatic rings. The van der Waals surface area contributed by atoms with Gasteiger partial charge in [0.2, 0.25) is 5.91 Å². The quantitative estimate of drug-likeness (QED) is 0.601. The molecule has 2 atom stereocenters. The lowest BCUT2D eigenvalue weighted by Gasteiger charge is -2.26. The molecule has 1 heterocycles. The molecule has 0 saturated heterocycles. The second-order valence-electron chi connectivity index (χ2n) is 7.49. The maximum atomic E-state index is 13.1. The highest BCUT2D eigenvalue weighted by atomic mass is 16.4. The summed E-state index contributed by atoms with van der Waals surface area (Å²) in [6.45, 7) is 5.98. The van der Waals surface area contributed by atoms with Crippen molar-refractivity contribution in [2.75, 3.05) is 7.11 Å². The maximum absolute atomic E-state index is 13.1. The van der Waals surface area contributed by atoms with Gasteiger partial charge in [0.15, 0.2) is 0 Å². The van der Waals surface area contributed by atoms with Crippen LogP contribution in [0.25, 0.3) is 0 Å². The van der Waals surface area contributed by atoms with Gasteiger partial charge >= 0.3 is 6.92 Å². The molecule has 0 aliphatic heterocycles. The summed E-state index contributed by atoms with van der Waals surface area (Å²) >= 11 is 0. The van der Waals surface area contributed by atoms with Crippen LogP contribution in [-0.4, -0.2) is 47.8 Å². The van der Waals surface area contributed by atoms with Gasteiger partial charge in [-0.25, -0.2) is 4.98 Å². The van der Waals surface area contributed by atoms with Gasteiger partial charge in [0.1, 0.15) is 11.7 Å². The van der Waals surface area contributed by atoms with E-state index in [2.05, 4.69) is 34.4 Å². The summed E-state index contributed by atoms with van der Waals surface area (Å²) in [5, 5.41) is 5.86. The molecule has 0 aliphatic rings. The van der Waals surface area contributed by atoms with Crippen LogP contribution in [0.2, 0.25) is 6.82 Å². The molecule has 0 bridgehead atoms. The van der Waals surface area contributed by atoms with Crippen molar-refractivity contribution in [2.45, 2.75) is 45.5 Å². The lowest BCUT2D eigenvalue weighted by atomic mass is 9.60. The lowest BCUT2D eigenvalue weighted by Crippen LogP contribution is -2.54. The van der Waals surface area contributed by atoms with E-state index in [1.54, 1.807) is 7.11 Å². The van der Waals surface area contributed by atoms with Crippen molar-refractivity contribution in [1.82, 2.24) is 20.6 Å². The Morgan fingerprint density at radius 2 is 1.86 bits per heavy atom. The van der Waals surface area contributed by atoms with E-state index in [9.17, 15) is 9.59 Å². The molecule has 8 heteroatoms. The molecule has 2 rings (SSSR count). The number of nitrogens with one attached hydrogen (secondary N) is 2. The van der Waals surface area contributed by atoms with Gasteiger partial charge in [-0.2, -0.15) is 0 Å². The zero-order valence-electron chi connectivity index (χ0n) is 17.5. The summed E-state index contributed by atoms with van der Waals surface area (Å²) in [4.78, 5) is 33.6. The molecule has 0 spiro atoms. The van der Waals surface area contributed by atoms with Crippen LogP contribution in [0.3, 0.4) is 0 Å². The number of benzene rings is 1. The van der Waals surface area contributed by atoms with Gasteiger partial charge < -0.3 is 15.3 Å². The topological polar surface area (TPSA) is 93.2 Å². The summed E-state index contributed by atoms with van der Waals surface area (Å²) < 4.78 is 5.44. The first-order valence-corrected chi connectivity index (χ1v) is 9.84. The SMILES string of the molecule is COB(C)[C@H](CC(C)C)NC(=O)[C@@H](Cc1ccccc1)NC(=O)c1cnccn1. The molecule has 0 aliphatic carbocycles. The van der Waals surface area contributed by atoms with Crippen LogP contribution in [0.5, 0.6) is 0 Å². The molecule has 1 aromatic heterocycles. The lowest BCUT2D eigenvalue weighted by molar-refractivity contribution is -0.123. The van der Waals surface area contributed by atoms with Gasteiger partial charge in [-0.1, -0.05) is 51.0 Å². The molecule has 7 nitrogen and oxygen atoms in total. The van der Waals surface area contributed by atoms with E-state index < -0.39 is 11.9 Å². The Balaban J connectivity index is 2.18. The summed E-state index contributed by atoms with van der Waals surface area (Å²) in [7, 11) is 1.63. The van der Waals surface area contributed by atoms with Crippen LogP contribution in [0, 0.1) is 5.92 Å². The summed E-state index contributed by atoms with van der Waals surface area (Å²) in [6.07, 6.45) is 5.46. The van der Waals surface area contributed by atoms with Crippen molar-refractivity contribution < 1.29 is 14.2 Å². The highest BCUT2D eigenvalue weighted by Gasteiger charge is 2.29. The van der Waals surface area contributed by atoms with Gasteiger partial charge in [0, 0.05) is 31.9 Å². The minimum atomic E-state index is -0.745. The molecule has 0 saturated carbocycles. The van der Waals surface area contributed by atoms with Crippen molar-refractivity contribution in [2.24, 2.45) is 5.92 Å². The molecular formula is C21H29BN4O3. The second kappa shape index (κ2) is 11.3. The van der Waals surface area contributed by atoms with Crippen LogP contribution >= 0.6 is 0 Å². The van der Waals surface area contributed by atoms with Crippen LogP contribution in [0.1, 0.15) is 36.3 Å². The van der Waals surface area contributed by atoms with E-state index in [1.807, 2.05) is 37.2 Å². The van der Waals surface area contributed by atoms with Crippen molar-refractivity contribution >= 4 is 18.7 Å². The minimum Gasteiger partial charge on any atom is -0.437 e. The van der Waals surface area contributed by atoms with E-state index in [-0.39, 0.29) is 24.5 Å². The average Bonchev–Trinajstić information content (AvgIpc) is 2.73. The number of hydrogen-bond donors (Lipinski definition) is 2. The number of nitrogens with zero attached hydrogens (tertiary/aromatic N) is 2. The van der Waals surface area contributed by atoms with Crippen molar-refractivity contribution in [3.63, 3.8) is 0 Å². The average molecular weight is 396 g/mol. The van der Waals surface area contributed by atoms with Crippen LogP contribution in [0.15, 0.2) is 48.9 Å². The predicted molar refractivity (Wildman–Crippen MR) is 113 cm³/mol. The third-order valence-corrected chi connectivity index (χ3v) is 4.69. The summed E-state index contributed by atoms with van der Waals surface area (Å²) in [6, 6.07) is 8.84. The maximum Gasteiger partial charge on any atom is 0.312 e. The zero-order chi connectivity index (χ0) is 21.2. The number of carbonyl (C=O) groups is 2. The molecule has 154 valence electrons. The Morgan fingerprint density at radius 1 is 1.14 bits per heavy atom. The Morgan fingerprint density at radius 3 is 2.45 bits per heavy atom. The number of hydrogen-bond acceptors (Lipinski definition) is 5. The smallest absolute Gasteiger partial charge is 0.312 e. The van der Waals surface area contributed by atoms with Crippen molar-refractivity contribution in [3.05, 3.63) is 60.2 Å². The summed E-state index contributed by atoms with van der Waals surface area (Å²) in [5.41, 5.74) is 1.12. The summed E-state index contributed by atoms with van der Waals surface area (Å²) in [5.74, 6) is -0.450. The fraction of sp³-hybridized carbons (Fsp3) is 0.429. The Bertz CT molecular complexity index is 774. The predicted octanol–water partition coefficient (Wildman–Crippen LogP) is 2.16. The Hall–Kier alpha value is -2.74. The molecular weight excluding hydrogens is 367 g/mol. The monoisotopic (exact) mass is 396 g/mol. The van der Waals surface area contributed by atoms with Gasteiger partial charge in [0.25, 0.3) is 5.91 Å². The molecule has 0 radical (unpaired) electrons. The van der Waals surface area contributed by atoms with E-state index in [4.69, 9.17) is 4.65 Å². The molecule has 2 amide bonds. The van der Waals surface area contributed by atoms with Crippen LogP contribution in [-0.2, 0) is 15.9 Å². The molecule has 29 heavy (non-hydrogen) atoms. The molecule has 0 fully saturated rings. The normalized spacial score (nSPS) is 12.9. The van der Waals surface area contributed by atoms with E-state index in [1.165, 1.54) is 18.6 Å². The fourth-order valence-electron chi connectivity index (χ4n) is 3.03. The van der Waals surface area contributed by atoms with Crippen molar-refractivity contribution in [1.29, 1.82) is 0 Å². The molecule has 0 unspecified atom stereocenters. The zero-order valence-corrected chi connectivity index (χ0v) is 17.5. The minimum absolute atomic E-state index is 0.144. The third kappa shape index (κ3) is 7.31. The fourth-order valence-corrected chi connectivity index (χ4v) is 3.03. The Labute approximate surface area is 172 Å². The van der Waals surface area contributed by atoms with Crippen LogP contribution in [0.4, 0.5) is 0 Å². The standard InChI is InChI=1S/C21H29BN4O3/c1-15(2)12-19(22(3)29-4)26-20(27)17(13-16-8-6-5-7-9-16)25-21(28)18-14-23-10-11-24-18/h5-11,14-15,17,19H,12-13H2,1-4H3,(H,25,28)(H,26,27)/t17-,19+/m1/s1. The first kappa shape index (κ1) is 22.6. The van der Waals surface area contributed by atoms with Gasteiger partial charge in [0.05, 0.1) is 6.20 Å². The van der Waals surface area contributed by atoms with Gasteiger partial charge in [-0.15, -0.1) is 0 Å². The Kier molecular flexibility index (Phi) is 8.80. The second-order valence-corrected chi connectivity index (χ2v) is 7.49. The number of rotatable bonds is 10. The third-order valence-electron chi connectivity index (χ3n) is 4.69. The molecule has 1 aromatic carbocycles. The van der Waals surface area contributed by atoms with Gasteiger partial charge in [-0.3, -0.25) is 14.6 Å². The first-order valence-electron chi connectivity index (χ1n) is 9.84. The number of amides is 2. The van der Waals surface area contributed by atoms with E-state index >= 15 is 0 Å². The number of aromatic nitrogens is 2. The van der Waals surface area contributed by atoms with E-state index in [0.29, 0.717) is 12.3 Å². The molecule has 2 N–H and O–H groups in total. The van der Waals surface area contributed by atoms with Crippen LogP contribution < -0.4 is 10.6 Å². The van der Waals surface area contributed by atoms with E-state index in [0.717, 1.165) is 12.0 Å². The number of carbonyl (C=O) groups excluding carboxylic acids is 2. The first-order chi connectivity index (χ1) is 13.9. The largest absolute Gasteiger partial charge is 0.437 e.